The van der Waals surface area contributed by atoms with Gasteiger partial charge in [-0.15, -0.1) is 11.3 Å². The monoisotopic (exact) mass is 294 g/mol. The second-order valence-corrected chi connectivity index (χ2v) is 6.08. The summed E-state index contributed by atoms with van der Waals surface area (Å²) in [6, 6.07) is 9.72. The van der Waals surface area contributed by atoms with E-state index in [1.807, 2.05) is 37.3 Å². The standard InChI is InChI=1S/C15H15ClO2S/c1-9(11-5-4-6-12(16)7-11)13-8-14(15(17)18-3)19-10(13)2/h4-9H,1-3H3/t9-/m1/s1. The van der Waals surface area contributed by atoms with Gasteiger partial charge >= 0.3 is 5.97 Å². The second kappa shape index (κ2) is 5.76. The number of carbonyl (C=O) groups is 1. The van der Waals surface area contributed by atoms with Crippen LogP contribution in [-0.2, 0) is 4.74 Å². The molecule has 1 atom stereocenters. The average molecular weight is 295 g/mol. The molecule has 0 spiro atoms. The summed E-state index contributed by atoms with van der Waals surface area (Å²) in [6.45, 7) is 4.13. The van der Waals surface area contributed by atoms with Crippen LogP contribution in [0.3, 0.4) is 0 Å². The number of aryl methyl sites for hydroxylation is 1. The molecule has 2 nitrogen and oxygen atoms in total. The number of hydrogen-bond donors (Lipinski definition) is 0. The predicted octanol–water partition coefficient (Wildman–Crippen LogP) is 4.65. The quantitative estimate of drug-likeness (QED) is 0.770. The zero-order chi connectivity index (χ0) is 14.0. The Hall–Kier alpha value is -1.32. The first kappa shape index (κ1) is 14.1. The van der Waals surface area contributed by atoms with Crippen LogP contribution in [0.25, 0.3) is 0 Å². The number of thiophene rings is 1. The summed E-state index contributed by atoms with van der Waals surface area (Å²) in [5.41, 5.74) is 2.29. The van der Waals surface area contributed by atoms with Gasteiger partial charge in [-0.1, -0.05) is 30.7 Å². The van der Waals surface area contributed by atoms with Crippen molar-refractivity contribution < 1.29 is 9.53 Å². The van der Waals surface area contributed by atoms with Gasteiger partial charge in [-0.2, -0.15) is 0 Å². The Morgan fingerprint density at radius 1 is 1.37 bits per heavy atom. The smallest absolute Gasteiger partial charge is 0.348 e. The maximum atomic E-state index is 11.6. The Balaban J connectivity index is 2.36. The van der Waals surface area contributed by atoms with E-state index in [2.05, 4.69) is 6.92 Å². The molecule has 0 unspecified atom stereocenters. The normalized spacial score (nSPS) is 12.2. The van der Waals surface area contributed by atoms with E-state index in [0.717, 1.165) is 21.0 Å². The largest absolute Gasteiger partial charge is 0.465 e. The minimum Gasteiger partial charge on any atom is -0.465 e. The number of hydrogen-bond acceptors (Lipinski definition) is 3. The molecule has 1 aromatic carbocycles. The molecule has 0 saturated heterocycles. The van der Waals surface area contributed by atoms with Gasteiger partial charge in [-0.25, -0.2) is 4.79 Å². The first-order chi connectivity index (χ1) is 9.02. The highest BCUT2D eigenvalue weighted by Crippen LogP contribution is 2.33. The molecule has 0 amide bonds. The molecule has 0 aliphatic rings. The summed E-state index contributed by atoms with van der Waals surface area (Å²) in [5, 5.41) is 0.727. The van der Waals surface area contributed by atoms with Crippen molar-refractivity contribution in [3.8, 4) is 0 Å². The molecule has 19 heavy (non-hydrogen) atoms. The summed E-state index contributed by atoms with van der Waals surface area (Å²) in [6.07, 6.45) is 0. The fraction of sp³-hybridized carbons (Fsp3) is 0.267. The van der Waals surface area contributed by atoms with Gasteiger partial charge in [0.25, 0.3) is 0 Å². The molecule has 2 aromatic rings. The van der Waals surface area contributed by atoms with Gasteiger partial charge < -0.3 is 4.74 Å². The lowest BCUT2D eigenvalue weighted by Crippen LogP contribution is -1.98. The van der Waals surface area contributed by atoms with Gasteiger partial charge in [0.1, 0.15) is 4.88 Å². The molecule has 0 aliphatic carbocycles. The topological polar surface area (TPSA) is 26.3 Å². The van der Waals surface area contributed by atoms with E-state index in [4.69, 9.17) is 16.3 Å². The molecule has 100 valence electrons. The fourth-order valence-electron chi connectivity index (χ4n) is 2.08. The molecule has 0 N–H and O–H groups in total. The highest BCUT2D eigenvalue weighted by molar-refractivity contribution is 7.14. The number of ether oxygens (including phenoxy) is 1. The van der Waals surface area contributed by atoms with Crippen molar-refractivity contribution in [3.05, 3.63) is 56.2 Å². The molecule has 0 saturated carbocycles. The number of esters is 1. The zero-order valence-corrected chi connectivity index (χ0v) is 12.6. The lowest BCUT2D eigenvalue weighted by Gasteiger charge is -2.12. The molecule has 0 radical (unpaired) electrons. The maximum absolute atomic E-state index is 11.6. The van der Waals surface area contributed by atoms with Crippen LogP contribution in [0.2, 0.25) is 5.02 Å². The van der Waals surface area contributed by atoms with Crippen LogP contribution >= 0.6 is 22.9 Å². The van der Waals surface area contributed by atoms with Crippen molar-refractivity contribution in [3.63, 3.8) is 0 Å². The minimum absolute atomic E-state index is 0.202. The third-order valence-corrected chi connectivity index (χ3v) is 4.44. The van der Waals surface area contributed by atoms with E-state index in [-0.39, 0.29) is 11.9 Å². The van der Waals surface area contributed by atoms with Crippen LogP contribution < -0.4 is 0 Å². The van der Waals surface area contributed by atoms with Crippen molar-refractivity contribution in [2.45, 2.75) is 19.8 Å². The Morgan fingerprint density at radius 3 is 2.74 bits per heavy atom. The van der Waals surface area contributed by atoms with Crippen LogP contribution in [0.1, 0.15) is 38.5 Å². The number of rotatable bonds is 3. The number of benzene rings is 1. The molecular weight excluding hydrogens is 280 g/mol. The molecule has 1 aromatic heterocycles. The highest BCUT2D eigenvalue weighted by Gasteiger charge is 2.18. The van der Waals surface area contributed by atoms with E-state index < -0.39 is 0 Å². The zero-order valence-electron chi connectivity index (χ0n) is 11.1. The number of carbonyl (C=O) groups excluding carboxylic acids is 1. The Morgan fingerprint density at radius 2 is 2.11 bits per heavy atom. The first-order valence-electron chi connectivity index (χ1n) is 5.97. The highest BCUT2D eigenvalue weighted by atomic mass is 35.5. The van der Waals surface area contributed by atoms with Gasteiger partial charge in [0.15, 0.2) is 0 Å². The van der Waals surface area contributed by atoms with Gasteiger partial charge in [0.2, 0.25) is 0 Å². The van der Waals surface area contributed by atoms with Crippen LogP contribution in [-0.4, -0.2) is 13.1 Å². The predicted molar refractivity (Wildman–Crippen MR) is 79.4 cm³/mol. The summed E-state index contributed by atoms with van der Waals surface area (Å²) in [5.74, 6) is -0.0778. The van der Waals surface area contributed by atoms with Crippen LogP contribution in [0.15, 0.2) is 30.3 Å². The van der Waals surface area contributed by atoms with Crippen molar-refractivity contribution in [2.75, 3.05) is 7.11 Å². The van der Waals surface area contributed by atoms with E-state index in [9.17, 15) is 4.79 Å². The van der Waals surface area contributed by atoms with Crippen molar-refractivity contribution in [1.82, 2.24) is 0 Å². The van der Waals surface area contributed by atoms with Gasteiger partial charge in [0, 0.05) is 15.8 Å². The summed E-state index contributed by atoms with van der Waals surface area (Å²) in [7, 11) is 1.40. The average Bonchev–Trinajstić information content (AvgIpc) is 2.79. The van der Waals surface area contributed by atoms with Crippen molar-refractivity contribution >= 4 is 28.9 Å². The molecule has 4 heteroatoms. The van der Waals surface area contributed by atoms with Gasteiger partial charge in [-0.3, -0.25) is 0 Å². The van der Waals surface area contributed by atoms with Gasteiger partial charge in [0.05, 0.1) is 7.11 Å². The number of methoxy groups -OCH3 is 1. The Kier molecular flexibility index (Phi) is 4.27. The van der Waals surface area contributed by atoms with Crippen molar-refractivity contribution in [2.24, 2.45) is 0 Å². The first-order valence-corrected chi connectivity index (χ1v) is 7.16. The van der Waals surface area contributed by atoms with E-state index >= 15 is 0 Å². The lowest BCUT2D eigenvalue weighted by atomic mass is 9.93. The van der Waals surface area contributed by atoms with Crippen molar-refractivity contribution in [1.29, 1.82) is 0 Å². The van der Waals surface area contributed by atoms with E-state index in [1.165, 1.54) is 18.4 Å². The Bertz CT molecular complexity index is 604. The molecule has 2 rings (SSSR count). The number of halogens is 1. The van der Waals surface area contributed by atoms with Gasteiger partial charge in [-0.05, 0) is 36.2 Å². The third kappa shape index (κ3) is 2.99. The summed E-state index contributed by atoms with van der Waals surface area (Å²) in [4.78, 5) is 13.3. The molecule has 0 aliphatic heterocycles. The second-order valence-electron chi connectivity index (χ2n) is 4.39. The minimum atomic E-state index is -0.280. The third-order valence-electron chi connectivity index (χ3n) is 3.16. The van der Waals surface area contributed by atoms with E-state index in [0.29, 0.717) is 4.88 Å². The van der Waals surface area contributed by atoms with Crippen LogP contribution in [0.5, 0.6) is 0 Å². The summed E-state index contributed by atoms with van der Waals surface area (Å²) >= 11 is 7.49. The van der Waals surface area contributed by atoms with Crippen LogP contribution in [0, 0.1) is 6.92 Å². The lowest BCUT2D eigenvalue weighted by molar-refractivity contribution is 0.0606. The molecular formula is C15H15ClO2S. The molecule has 0 fully saturated rings. The maximum Gasteiger partial charge on any atom is 0.348 e. The Labute approximate surface area is 122 Å². The molecule has 1 heterocycles. The fourth-order valence-corrected chi connectivity index (χ4v) is 3.32. The molecule has 0 bridgehead atoms. The van der Waals surface area contributed by atoms with E-state index in [1.54, 1.807) is 0 Å². The summed E-state index contributed by atoms with van der Waals surface area (Å²) < 4.78 is 4.76. The SMILES string of the molecule is COC(=O)c1cc([C@H](C)c2cccc(Cl)c2)c(C)s1. The van der Waals surface area contributed by atoms with Crippen LogP contribution in [0.4, 0.5) is 0 Å².